The standard InChI is InChI=1S/C21H25ClN2O2.C2H2O4/c1-15-2-4-16(5-3-15)13-23-21(26)17-8-10-24(11-9-17)14-18-12-19(22)6-7-20(18)25;3-1(4)2(5)6/h2-7,12,17,25H,8-11,13-14H2,1H3,(H,23,26);(H,3,4)(H,5,6). The van der Waals surface area contributed by atoms with Crippen molar-refractivity contribution in [2.24, 2.45) is 5.92 Å². The predicted molar refractivity (Wildman–Crippen MR) is 119 cm³/mol. The molecule has 0 bridgehead atoms. The summed E-state index contributed by atoms with van der Waals surface area (Å²) in [7, 11) is 0. The average Bonchev–Trinajstić information content (AvgIpc) is 2.76. The molecule has 0 radical (unpaired) electrons. The number of benzene rings is 2. The quantitative estimate of drug-likeness (QED) is 0.503. The van der Waals surface area contributed by atoms with Gasteiger partial charge in [-0.05, 0) is 56.6 Å². The lowest BCUT2D eigenvalue weighted by Gasteiger charge is -2.31. The first-order chi connectivity index (χ1) is 15.2. The molecule has 8 nitrogen and oxygen atoms in total. The highest BCUT2D eigenvalue weighted by Gasteiger charge is 2.25. The zero-order chi connectivity index (χ0) is 23.7. The first-order valence-corrected chi connectivity index (χ1v) is 10.5. The second-order valence-electron chi connectivity index (χ2n) is 7.64. The monoisotopic (exact) mass is 462 g/mol. The van der Waals surface area contributed by atoms with E-state index < -0.39 is 11.9 Å². The van der Waals surface area contributed by atoms with E-state index in [-0.39, 0.29) is 17.6 Å². The molecule has 4 N–H and O–H groups in total. The lowest BCUT2D eigenvalue weighted by atomic mass is 9.95. The molecule has 0 aromatic heterocycles. The Kier molecular flexibility index (Phi) is 9.49. The van der Waals surface area contributed by atoms with Crippen LogP contribution in [0, 0.1) is 12.8 Å². The average molecular weight is 463 g/mol. The third-order valence-corrected chi connectivity index (χ3v) is 5.40. The van der Waals surface area contributed by atoms with E-state index in [9.17, 15) is 9.90 Å². The minimum absolute atomic E-state index is 0.0599. The van der Waals surface area contributed by atoms with Gasteiger partial charge in [0.2, 0.25) is 5.91 Å². The Hall–Kier alpha value is -3.10. The van der Waals surface area contributed by atoms with E-state index in [0.717, 1.165) is 37.1 Å². The van der Waals surface area contributed by atoms with Gasteiger partial charge in [-0.2, -0.15) is 0 Å². The highest BCUT2D eigenvalue weighted by atomic mass is 35.5. The first kappa shape index (κ1) is 25.2. The summed E-state index contributed by atoms with van der Waals surface area (Å²) in [6, 6.07) is 13.3. The Balaban J connectivity index is 0.000000534. The number of phenolic OH excluding ortho intramolecular Hbond substituents is 1. The number of nitrogens with one attached hydrogen (secondary N) is 1. The summed E-state index contributed by atoms with van der Waals surface area (Å²) < 4.78 is 0. The van der Waals surface area contributed by atoms with Crippen LogP contribution in [0.25, 0.3) is 0 Å². The maximum absolute atomic E-state index is 12.4. The Morgan fingerprint density at radius 2 is 1.62 bits per heavy atom. The topological polar surface area (TPSA) is 127 Å². The first-order valence-electron chi connectivity index (χ1n) is 10.1. The number of hydrogen-bond acceptors (Lipinski definition) is 5. The van der Waals surface area contributed by atoms with Gasteiger partial charge in [0, 0.05) is 29.6 Å². The van der Waals surface area contributed by atoms with Crippen molar-refractivity contribution in [3.8, 4) is 5.75 Å². The Morgan fingerprint density at radius 1 is 1.03 bits per heavy atom. The van der Waals surface area contributed by atoms with Gasteiger partial charge >= 0.3 is 11.9 Å². The van der Waals surface area contributed by atoms with Crippen LogP contribution >= 0.6 is 11.6 Å². The number of phenols is 1. The van der Waals surface area contributed by atoms with Crippen molar-refractivity contribution < 1.29 is 29.7 Å². The number of amides is 1. The Bertz CT molecular complexity index is 928. The maximum atomic E-state index is 12.4. The molecule has 1 amide bonds. The molecule has 9 heteroatoms. The number of piperidine rings is 1. The number of aromatic hydroxyl groups is 1. The molecule has 1 fully saturated rings. The molecule has 0 saturated carbocycles. The van der Waals surface area contributed by atoms with Gasteiger partial charge in [-0.25, -0.2) is 9.59 Å². The fourth-order valence-electron chi connectivity index (χ4n) is 3.31. The molecule has 1 aliphatic rings. The minimum atomic E-state index is -1.82. The lowest BCUT2D eigenvalue weighted by molar-refractivity contribution is -0.159. The van der Waals surface area contributed by atoms with Crippen molar-refractivity contribution in [1.29, 1.82) is 0 Å². The third kappa shape index (κ3) is 8.20. The molecular formula is C23H27ClN2O6. The van der Waals surface area contributed by atoms with Gasteiger partial charge in [0.25, 0.3) is 0 Å². The maximum Gasteiger partial charge on any atom is 0.414 e. The molecule has 0 atom stereocenters. The largest absolute Gasteiger partial charge is 0.508 e. The van der Waals surface area contributed by atoms with Crippen molar-refractivity contribution >= 4 is 29.4 Å². The number of nitrogens with zero attached hydrogens (tertiary/aromatic N) is 1. The molecule has 1 saturated heterocycles. The van der Waals surface area contributed by atoms with E-state index in [1.165, 1.54) is 5.56 Å². The molecule has 0 spiro atoms. The van der Waals surface area contributed by atoms with Crippen LogP contribution in [0.5, 0.6) is 5.75 Å². The number of carboxylic acid groups (broad SMARTS) is 2. The van der Waals surface area contributed by atoms with Gasteiger partial charge in [-0.15, -0.1) is 0 Å². The van der Waals surface area contributed by atoms with E-state index >= 15 is 0 Å². The van der Waals surface area contributed by atoms with E-state index in [0.29, 0.717) is 18.1 Å². The van der Waals surface area contributed by atoms with Gasteiger partial charge < -0.3 is 20.6 Å². The number of hydrogen-bond donors (Lipinski definition) is 4. The number of likely N-dealkylation sites (tertiary alicyclic amines) is 1. The second kappa shape index (κ2) is 12.1. The fraction of sp³-hybridized carbons (Fsp3) is 0.348. The summed E-state index contributed by atoms with van der Waals surface area (Å²) in [6.07, 6.45) is 1.67. The Labute approximate surface area is 191 Å². The van der Waals surface area contributed by atoms with Crippen molar-refractivity contribution in [1.82, 2.24) is 10.2 Å². The molecule has 0 unspecified atom stereocenters. The van der Waals surface area contributed by atoms with Crippen LogP contribution in [0.15, 0.2) is 42.5 Å². The number of rotatable bonds is 5. The smallest absolute Gasteiger partial charge is 0.414 e. The van der Waals surface area contributed by atoms with E-state index in [1.54, 1.807) is 18.2 Å². The normalized spacial score (nSPS) is 14.2. The SMILES string of the molecule is Cc1ccc(CNC(=O)C2CCN(Cc3cc(Cl)ccc3O)CC2)cc1.O=C(O)C(=O)O. The molecule has 0 aliphatic carbocycles. The number of halogens is 1. The fourth-order valence-corrected chi connectivity index (χ4v) is 3.51. The van der Waals surface area contributed by atoms with Crippen LogP contribution < -0.4 is 5.32 Å². The van der Waals surface area contributed by atoms with Crippen LogP contribution in [0.4, 0.5) is 0 Å². The molecular weight excluding hydrogens is 436 g/mol. The van der Waals surface area contributed by atoms with Crippen LogP contribution in [-0.2, 0) is 27.5 Å². The van der Waals surface area contributed by atoms with Gasteiger partial charge in [-0.3, -0.25) is 9.69 Å². The number of aliphatic carboxylic acids is 2. The highest BCUT2D eigenvalue weighted by Crippen LogP contribution is 2.25. The zero-order valence-corrected chi connectivity index (χ0v) is 18.5. The van der Waals surface area contributed by atoms with Crippen LogP contribution in [0.2, 0.25) is 5.02 Å². The number of carbonyl (C=O) groups is 3. The van der Waals surface area contributed by atoms with E-state index in [1.807, 2.05) is 0 Å². The summed E-state index contributed by atoms with van der Waals surface area (Å²) >= 11 is 6.01. The summed E-state index contributed by atoms with van der Waals surface area (Å²) in [6.45, 7) is 4.97. The molecule has 3 rings (SSSR count). The highest BCUT2D eigenvalue weighted by molar-refractivity contribution is 6.30. The van der Waals surface area contributed by atoms with Crippen LogP contribution in [0.3, 0.4) is 0 Å². The van der Waals surface area contributed by atoms with Crippen molar-refractivity contribution in [3.05, 3.63) is 64.2 Å². The second-order valence-corrected chi connectivity index (χ2v) is 8.07. The summed E-state index contributed by atoms with van der Waals surface area (Å²) in [5.74, 6) is -3.18. The molecule has 1 aliphatic heterocycles. The molecule has 172 valence electrons. The van der Waals surface area contributed by atoms with Crippen LogP contribution in [0.1, 0.15) is 29.5 Å². The van der Waals surface area contributed by atoms with Gasteiger partial charge in [0.15, 0.2) is 0 Å². The van der Waals surface area contributed by atoms with E-state index in [4.69, 9.17) is 31.4 Å². The summed E-state index contributed by atoms with van der Waals surface area (Å²) in [5.41, 5.74) is 3.18. The molecule has 32 heavy (non-hydrogen) atoms. The summed E-state index contributed by atoms with van der Waals surface area (Å²) in [4.78, 5) is 32.9. The number of carboxylic acids is 2. The van der Waals surface area contributed by atoms with Gasteiger partial charge in [-0.1, -0.05) is 41.4 Å². The number of aryl methyl sites for hydroxylation is 1. The van der Waals surface area contributed by atoms with Crippen molar-refractivity contribution in [2.45, 2.75) is 32.9 Å². The van der Waals surface area contributed by atoms with Gasteiger partial charge in [0.05, 0.1) is 0 Å². The zero-order valence-electron chi connectivity index (χ0n) is 17.8. The number of carbonyl (C=O) groups excluding carboxylic acids is 1. The molecule has 1 heterocycles. The molecule has 2 aromatic rings. The van der Waals surface area contributed by atoms with Crippen LogP contribution in [-0.4, -0.2) is 51.2 Å². The van der Waals surface area contributed by atoms with Crippen molar-refractivity contribution in [2.75, 3.05) is 13.1 Å². The summed E-state index contributed by atoms with van der Waals surface area (Å²) in [5, 5.41) is 28.4. The minimum Gasteiger partial charge on any atom is -0.508 e. The van der Waals surface area contributed by atoms with Gasteiger partial charge in [0.1, 0.15) is 5.75 Å². The van der Waals surface area contributed by atoms with Crippen molar-refractivity contribution in [3.63, 3.8) is 0 Å². The third-order valence-electron chi connectivity index (χ3n) is 5.16. The Morgan fingerprint density at radius 3 is 2.19 bits per heavy atom. The lowest BCUT2D eigenvalue weighted by Crippen LogP contribution is -2.40. The predicted octanol–water partition coefficient (Wildman–Crippen LogP) is 3.04. The molecule has 2 aromatic carbocycles. The van der Waals surface area contributed by atoms with E-state index in [2.05, 4.69) is 41.4 Å².